The molecule has 2 aromatic carbocycles. The van der Waals surface area contributed by atoms with E-state index in [0.29, 0.717) is 23.7 Å². The minimum absolute atomic E-state index is 0.0973. The van der Waals surface area contributed by atoms with E-state index in [-0.39, 0.29) is 18.2 Å². The van der Waals surface area contributed by atoms with E-state index in [4.69, 9.17) is 9.47 Å². The summed E-state index contributed by atoms with van der Waals surface area (Å²) >= 11 is 0. The van der Waals surface area contributed by atoms with Crippen molar-refractivity contribution in [3.63, 3.8) is 0 Å². The summed E-state index contributed by atoms with van der Waals surface area (Å²) in [6, 6.07) is 13.0. The van der Waals surface area contributed by atoms with Crippen molar-refractivity contribution in [3.8, 4) is 11.5 Å². The predicted octanol–water partition coefficient (Wildman–Crippen LogP) is 3.26. The van der Waals surface area contributed by atoms with E-state index in [1.165, 1.54) is 5.56 Å². The highest BCUT2D eigenvalue weighted by molar-refractivity contribution is 6.04. The second-order valence-corrected chi connectivity index (χ2v) is 6.48. The normalized spacial score (nSPS) is 16.3. The lowest BCUT2D eigenvalue weighted by atomic mass is 10.1. The number of amides is 2. The van der Waals surface area contributed by atoms with E-state index in [0.717, 1.165) is 12.1 Å². The molecular weight excluding hydrogens is 344 g/mol. The molecular formula is C21H24N2O4. The van der Waals surface area contributed by atoms with Gasteiger partial charge in [-0.2, -0.15) is 0 Å². The van der Waals surface area contributed by atoms with Crippen molar-refractivity contribution in [2.24, 2.45) is 5.92 Å². The molecule has 27 heavy (non-hydrogen) atoms. The molecule has 1 N–H and O–H groups in total. The van der Waals surface area contributed by atoms with Crippen LogP contribution in [-0.4, -0.2) is 32.6 Å². The number of hydrogen-bond donors (Lipinski definition) is 1. The van der Waals surface area contributed by atoms with Crippen molar-refractivity contribution < 1.29 is 19.1 Å². The first kappa shape index (κ1) is 18.8. The summed E-state index contributed by atoms with van der Waals surface area (Å²) in [5, 5.41) is 2.91. The fourth-order valence-corrected chi connectivity index (χ4v) is 3.19. The van der Waals surface area contributed by atoms with E-state index in [1.54, 1.807) is 37.3 Å². The van der Waals surface area contributed by atoms with Crippen molar-refractivity contribution >= 4 is 23.2 Å². The van der Waals surface area contributed by atoms with Crippen LogP contribution in [0.2, 0.25) is 0 Å². The van der Waals surface area contributed by atoms with Crippen LogP contribution in [0.3, 0.4) is 0 Å². The van der Waals surface area contributed by atoms with Crippen LogP contribution in [0.4, 0.5) is 11.4 Å². The molecule has 6 heteroatoms. The lowest BCUT2D eigenvalue weighted by molar-refractivity contribution is -0.122. The Labute approximate surface area is 159 Å². The quantitative estimate of drug-likeness (QED) is 0.850. The minimum atomic E-state index is -0.407. The molecule has 1 aliphatic heterocycles. The van der Waals surface area contributed by atoms with Gasteiger partial charge >= 0.3 is 0 Å². The van der Waals surface area contributed by atoms with E-state index in [1.807, 2.05) is 24.3 Å². The molecule has 1 aliphatic rings. The third-order valence-corrected chi connectivity index (χ3v) is 4.80. The standard InChI is InChI=1S/C21H24N2O4/c1-4-14-5-7-16(8-6-14)22-21(25)15-11-20(24)23(13-15)18-10-9-17(26-2)12-19(18)27-3/h5-10,12,15H,4,11,13H2,1-3H3,(H,22,25)/t15-/m0/s1. The number of carbonyl (C=O) groups is 2. The Morgan fingerprint density at radius 1 is 1.15 bits per heavy atom. The average molecular weight is 368 g/mol. The monoisotopic (exact) mass is 368 g/mol. The number of ether oxygens (including phenoxy) is 2. The van der Waals surface area contributed by atoms with E-state index in [2.05, 4.69) is 12.2 Å². The maximum atomic E-state index is 12.6. The zero-order valence-corrected chi connectivity index (χ0v) is 15.8. The lowest BCUT2D eigenvalue weighted by Crippen LogP contribution is -2.28. The van der Waals surface area contributed by atoms with Crippen molar-refractivity contribution in [3.05, 3.63) is 48.0 Å². The third-order valence-electron chi connectivity index (χ3n) is 4.80. The maximum absolute atomic E-state index is 12.6. The van der Waals surface area contributed by atoms with Gasteiger partial charge in [0, 0.05) is 24.7 Å². The van der Waals surface area contributed by atoms with Gasteiger partial charge in [-0.1, -0.05) is 19.1 Å². The lowest BCUT2D eigenvalue weighted by Gasteiger charge is -2.20. The number of hydrogen-bond acceptors (Lipinski definition) is 4. The van der Waals surface area contributed by atoms with Gasteiger partial charge in [0.2, 0.25) is 11.8 Å². The SMILES string of the molecule is CCc1ccc(NC(=O)[C@H]2CC(=O)N(c3ccc(OC)cc3OC)C2)cc1. The maximum Gasteiger partial charge on any atom is 0.229 e. The molecule has 0 unspecified atom stereocenters. The van der Waals surface area contributed by atoms with Crippen LogP contribution in [0, 0.1) is 5.92 Å². The minimum Gasteiger partial charge on any atom is -0.497 e. The molecule has 0 spiro atoms. The van der Waals surface area contributed by atoms with Crippen molar-refractivity contribution in [2.45, 2.75) is 19.8 Å². The summed E-state index contributed by atoms with van der Waals surface area (Å²) in [5.74, 6) is 0.531. The van der Waals surface area contributed by atoms with Crippen LogP contribution >= 0.6 is 0 Å². The number of anilines is 2. The highest BCUT2D eigenvalue weighted by Gasteiger charge is 2.36. The molecule has 1 fully saturated rings. The largest absolute Gasteiger partial charge is 0.497 e. The van der Waals surface area contributed by atoms with Crippen molar-refractivity contribution in [1.82, 2.24) is 0 Å². The smallest absolute Gasteiger partial charge is 0.229 e. The summed E-state index contributed by atoms with van der Waals surface area (Å²) < 4.78 is 10.6. The fraction of sp³-hybridized carbons (Fsp3) is 0.333. The predicted molar refractivity (Wildman–Crippen MR) is 104 cm³/mol. The first-order chi connectivity index (χ1) is 13.0. The number of rotatable bonds is 6. The van der Waals surface area contributed by atoms with Gasteiger partial charge < -0.3 is 19.7 Å². The Morgan fingerprint density at radius 3 is 2.52 bits per heavy atom. The first-order valence-electron chi connectivity index (χ1n) is 8.98. The molecule has 1 atom stereocenters. The number of aryl methyl sites for hydroxylation is 1. The van der Waals surface area contributed by atoms with Crippen LogP contribution < -0.4 is 19.7 Å². The number of carbonyl (C=O) groups excluding carboxylic acids is 2. The number of nitrogens with zero attached hydrogens (tertiary/aromatic N) is 1. The van der Waals surface area contributed by atoms with Crippen LogP contribution in [-0.2, 0) is 16.0 Å². The Kier molecular flexibility index (Phi) is 5.64. The van der Waals surface area contributed by atoms with E-state index in [9.17, 15) is 9.59 Å². The number of benzene rings is 2. The van der Waals surface area contributed by atoms with Crippen molar-refractivity contribution in [1.29, 1.82) is 0 Å². The zero-order chi connectivity index (χ0) is 19.4. The first-order valence-corrected chi connectivity index (χ1v) is 8.98. The molecule has 1 heterocycles. The molecule has 0 bridgehead atoms. The molecule has 142 valence electrons. The summed E-state index contributed by atoms with van der Waals surface area (Å²) in [5.41, 5.74) is 2.60. The van der Waals surface area contributed by atoms with Crippen molar-refractivity contribution in [2.75, 3.05) is 31.0 Å². The molecule has 0 radical (unpaired) electrons. The second kappa shape index (κ2) is 8.12. The Hall–Kier alpha value is -3.02. The van der Waals surface area contributed by atoms with Gasteiger partial charge in [-0.15, -0.1) is 0 Å². The van der Waals surface area contributed by atoms with E-state index < -0.39 is 5.92 Å². The molecule has 6 nitrogen and oxygen atoms in total. The van der Waals surface area contributed by atoms with E-state index >= 15 is 0 Å². The van der Waals surface area contributed by atoms with Crippen LogP contribution in [0.15, 0.2) is 42.5 Å². The molecule has 0 aliphatic carbocycles. The Bertz CT molecular complexity index is 833. The third kappa shape index (κ3) is 4.05. The highest BCUT2D eigenvalue weighted by Crippen LogP contribution is 2.36. The molecule has 3 rings (SSSR count). The average Bonchev–Trinajstić information content (AvgIpc) is 3.09. The Balaban J connectivity index is 1.72. The summed E-state index contributed by atoms with van der Waals surface area (Å²) in [6.07, 6.45) is 1.12. The molecule has 2 aromatic rings. The van der Waals surface area contributed by atoms with Crippen LogP contribution in [0.1, 0.15) is 18.9 Å². The van der Waals surface area contributed by atoms with Gasteiger partial charge in [-0.3, -0.25) is 9.59 Å². The fourth-order valence-electron chi connectivity index (χ4n) is 3.19. The van der Waals surface area contributed by atoms with Gasteiger partial charge in [0.25, 0.3) is 0 Å². The molecule has 1 saturated heterocycles. The summed E-state index contributed by atoms with van der Waals surface area (Å²) in [4.78, 5) is 26.7. The highest BCUT2D eigenvalue weighted by atomic mass is 16.5. The second-order valence-electron chi connectivity index (χ2n) is 6.48. The van der Waals surface area contributed by atoms with Gasteiger partial charge in [-0.25, -0.2) is 0 Å². The topological polar surface area (TPSA) is 67.9 Å². The van der Waals surface area contributed by atoms with Gasteiger partial charge in [-0.05, 0) is 36.2 Å². The summed E-state index contributed by atoms with van der Waals surface area (Å²) in [6.45, 7) is 2.40. The number of methoxy groups -OCH3 is 2. The Morgan fingerprint density at radius 2 is 1.89 bits per heavy atom. The van der Waals surface area contributed by atoms with Gasteiger partial charge in [0.1, 0.15) is 11.5 Å². The molecule has 0 aromatic heterocycles. The summed E-state index contributed by atoms with van der Waals surface area (Å²) in [7, 11) is 3.12. The number of nitrogens with one attached hydrogen (secondary N) is 1. The van der Waals surface area contributed by atoms with Gasteiger partial charge in [0.05, 0.1) is 25.8 Å². The van der Waals surface area contributed by atoms with Crippen LogP contribution in [0.25, 0.3) is 0 Å². The zero-order valence-electron chi connectivity index (χ0n) is 15.8. The molecule has 2 amide bonds. The van der Waals surface area contributed by atoms with Gasteiger partial charge in [0.15, 0.2) is 0 Å². The molecule has 0 saturated carbocycles. The van der Waals surface area contributed by atoms with Crippen LogP contribution in [0.5, 0.6) is 11.5 Å².